The first-order valence-electron chi connectivity index (χ1n) is 23.0. The Hall–Kier alpha value is -3.30. The lowest BCUT2D eigenvalue weighted by atomic mass is 9.25. The lowest BCUT2D eigenvalue weighted by molar-refractivity contribution is 0.205. The molecule has 2 aromatic rings. The fraction of sp³-hybridized carbons (Fsp3) is 0.527. The molecule has 0 bridgehead atoms. The summed E-state index contributed by atoms with van der Waals surface area (Å²) in [6.45, 7) is 34.8. The Morgan fingerprint density at radius 3 is 2.03 bits per heavy atom. The minimum atomic E-state index is -1.83. The zero-order valence-electron chi connectivity index (χ0n) is 38.5. The molecule has 8 unspecified atom stereocenters. The molecule has 0 spiro atoms. The van der Waals surface area contributed by atoms with Crippen molar-refractivity contribution in [3.8, 4) is 0 Å². The van der Waals surface area contributed by atoms with Gasteiger partial charge in [0.05, 0.1) is 20.2 Å². The molecule has 4 aliphatic carbocycles. The van der Waals surface area contributed by atoms with Gasteiger partial charge < -0.3 is 4.90 Å². The van der Waals surface area contributed by atoms with Crippen molar-refractivity contribution in [2.45, 2.75) is 161 Å². The smallest absolute Gasteiger partial charge is 0.221 e. The van der Waals surface area contributed by atoms with Gasteiger partial charge in [-0.1, -0.05) is 210 Å². The summed E-state index contributed by atoms with van der Waals surface area (Å²) in [7, 11) is -1.83. The van der Waals surface area contributed by atoms with Crippen LogP contribution in [-0.4, -0.2) is 31.8 Å². The van der Waals surface area contributed by atoms with E-state index in [0.29, 0.717) is 47.5 Å². The molecule has 0 saturated carbocycles. The maximum Gasteiger partial charge on any atom is 0.221 e. The van der Waals surface area contributed by atoms with Crippen molar-refractivity contribution in [1.82, 2.24) is 4.90 Å². The van der Waals surface area contributed by atoms with Crippen LogP contribution in [0.1, 0.15) is 131 Å². The van der Waals surface area contributed by atoms with Gasteiger partial charge in [0.1, 0.15) is 0 Å². The van der Waals surface area contributed by atoms with Crippen molar-refractivity contribution in [2.24, 2.45) is 22.7 Å². The van der Waals surface area contributed by atoms with E-state index in [1.807, 2.05) is 0 Å². The lowest BCUT2D eigenvalue weighted by Gasteiger charge is -2.54. The van der Waals surface area contributed by atoms with Gasteiger partial charge >= 0.3 is 0 Å². The first-order valence-corrected chi connectivity index (χ1v) is 26.1. The van der Waals surface area contributed by atoms with Gasteiger partial charge in [0.25, 0.3) is 0 Å². The highest BCUT2D eigenvalue weighted by Gasteiger charge is 2.61. The molecule has 0 aromatic heterocycles. The van der Waals surface area contributed by atoms with E-state index in [1.165, 1.54) is 36.0 Å². The molecule has 3 heterocycles. The van der Waals surface area contributed by atoms with Crippen LogP contribution in [0.15, 0.2) is 125 Å². The molecular weight excluding hydrogens is 714 g/mol. The third-order valence-corrected chi connectivity index (χ3v) is 20.9. The van der Waals surface area contributed by atoms with E-state index < -0.39 is 8.07 Å². The largest absolute Gasteiger partial charge is 0.359 e. The third-order valence-electron chi connectivity index (χ3n) is 16.2. The molecule has 2 aromatic carbocycles. The van der Waals surface area contributed by atoms with Gasteiger partial charge in [-0.15, -0.1) is 0 Å². The monoisotopic (exact) mass is 786 g/mol. The lowest BCUT2D eigenvalue weighted by Crippen LogP contribution is -2.58. The maximum atomic E-state index is 3.05. The number of fused-ring (bicyclic) bond motifs is 7. The number of hydrogen-bond acceptors (Lipinski definition) is 1. The summed E-state index contributed by atoms with van der Waals surface area (Å²) in [5, 5.41) is 0. The molecule has 7 aliphatic rings. The van der Waals surface area contributed by atoms with Crippen LogP contribution in [0.4, 0.5) is 0 Å². The van der Waals surface area contributed by atoms with Crippen molar-refractivity contribution in [2.75, 3.05) is 0 Å². The Kier molecular flexibility index (Phi) is 9.24. The Morgan fingerprint density at radius 2 is 1.41 bits per heavy atom. The van der Waals surface area contributed by atoms with Crippen LogP contribution in [0.2, 0.25) is 30.0 Å². The van der Waals surface area contributed by atoms with Gasteiger partial charge in [-0.3, -0.25) is 0 Å². The molecule has 58 heavy (non-hydrogen) atoms. The minimum absolute atomic E-state index is 0.0707. The molecule has 0 amide bonds. The highest BCUT2D eigenvalue weighted by molar-refractivity contribution is 6.84. The summed E-state index contributed by atoms with van der Waals surface area (Å²) < 4.78 is 0. The van der Waals surface area contributed by atoms with Gasteiger partial charge in [0.15, 0.2) is 0 Å². The Labute approximate surface area is 354 Å². The molecule has 3 heteroatoms. The van der Waals surface area contributed by atoms with E-state index in [4.69, 9.17) is 0 Å². The molecular formula is C55H72BNSi. The van der Waals surface area contributed by atoms with Gasteiger partial charge in [-0.25, -0.2) is 0 Å². The van der Waals surface area contributed by atoms with Crippen molar-refractivity contribution >= 4 is 20.2 Å². The van der Waals surface area contributed by atoms with Crippen LogP contribution < -0.4 is 5.46 Å². The van der Waals surface area contributed by atoms with E-state index in [0.717, 1.165) is 0 Å². The SMILES string of the molecule is CC(C)(C)C1=CC2B3C4=C(CC([Si](C)(C)C5C=CC=CC5)C=C4N4C5C=CC(C(C)(C)C)CC5C(=C1)C24)C(c1ccc(C(C)(C)C)cc1)c1ccc(C(C)(C)C)cc13. The number of hydrogen-bond donors (Lipinski definition) is 0. The fourth-order valence-electron chi connectivity index (χ4n) is 12.3. The van der Waals surface area contributed by atoms with Crippen LogP contribution in [-0.2, 0) is 10.8 Å². The fourth-order valence-corrected chi connectivity index (χ4v) is 15.6. The maximum absolute atomic E-state index is 3.05. The number of nitrogens with zero attached hydrogens (tertiary/aromatic N) is 1. The summed E-state index contributed by atoms with van der Waals surface area (Å²) in [5.41, 5.74) is 17.6. The molecule has 8 atom stereocenters. The Bertz CT molecular complexity index is 2220. The van der Waals surface area contributed by atoms with Crippen molar-refractivity contribution in [3.63, 3.8) is 0 Å². The molecule has 9 rings (SSSR count). The second-order valence-electron chi connectivity index (χ2n) is 24.3. The van der Waals surface area contributed by atoms with Gasteiger partial charge in [-0.05, 0) is 97.1 Å². The summed E-state index contributed by atoms with van der Waals surface area (Å²) in [5.74, 6) is 1.77. The summed E-state index contributed by atoms with van der Waals surface area (Å²) >= 11 is 0. The summed E-state index contributed by atoms with van der Waals surface area (Å²) in [6.07, 6.45) is 27.0. The van der Waals surface area contributed by atoms with Crippen LogP contribution in [0, 0.1) is 22.7 Å². The van der Waals surface area contributed by atoms with Crippen LogP contribution in [0.25, 0.3) is 0 Å². The molecule has 304 valence electrons. The predicted molar refractivity (Wildman–Crippen MR) is 254 cm³/mol. The Balaban J connectivity index is 1.33. The molecule has 3 aliphatic heterocycles. The van der Waals surface area contributed by atoms with Crippen molar-refractivity contribution < 1.29 is 0 Å². The van der Waals surface area contributed by atoms with E-state index in [9.17, 15) is 0 Å². The second-order valence-corrected chi connectivity index (χ2v) is 29.4. The molecule has 0 radical (unpaired) electrons. The summed E-state index contributed by atoms with van der Waals surface area (Å²) in [4.78, 5) is 3.05. The van der Waals surface area contributed by atoms with Gasteiger partial charge in [0, 0.05) is 17.5 Å². The zero-order chi connectivity index (χ0) is 41.5. The number of benzene rings is 2. The molecule has 1 nitrogen and oxygen atoms in total. The highest BCUT2D eigenvalue weighted by atomic mass is 28.3. The molecule has 2 fully saturated rings. The molecule has 2 saturated heterocycles. The van der Waals surface area contributed by atoms with E-state index in [-0.39, 0.29) is 27.6 Å². The third kappa shape index (κ3) is 6.37. The quantitative estimate of drug-likeness (QED) is 0.221. The average Bonchev–Trinajstić information content (AvgIpc) is 3.49. The van der Waals surface area contributed by atoms with Crippen LogP contribution >= 0.6 is 0 Å². The van der Waals surface area contributed by atoms with Crippen molar-refractivity contribution in [1.29, 1.82) is 0 Å². The zero-order valence-corrected chi connectivity index (χ0v) is 39.5. The molecule has 0 N–H and O–H groups in total. The number of allylic oxidation sites excluding steroid dienone is 10. The predicted octanol–water partition coefficient (Wildman–Crippen LogP) is 13.8. The highest BCUT2D eigenvalue weighted by Crippen LogP contribution is 2.62. The summed E-state index contributed by atoms with van der Waals surface area (Å²) in [6, 6.07) is 18.5. The van der Waals surface area contributed by atoms with E-state index in [2.05, 4.69) is 198 Å². The van der Waals surface area contributed by atoms with Gasteiger partial charge in [0.2, 0.25) is 6.71 Å². The topological polar surface area (TPSA) is 3.24 Å². The van der Waals surface area contributed by atoms with E-state index >= 15 is 0 Å². The standard InChI is InChI=1S/C55H72BNSi/c1-52(2,3)35-22-20-34(21-23-35)49-41-26-24-37(54(7,8)9)30-45(41)56-46-31-38(55(10,11)12)29-43-42-28-36(53(4,5)6)25-27-47(42)57(51(43)46)48-33-40(32-44(49)50(48)56)58(13,14)39-18-16-15-17-19-39/h15-18,20-27,29-31,33,36,39-40,42,46-47,49,51H,19,28,32H2,1-14H3. The van der Waals surface area contributed by atoms with Crippen molar-refractivity contribution in [3.05, 3.63) is 147 Å². The van der Waals surface area contributed by atoms with Crippen LogP contribution in [0.5, 0.6) is 0 Å². The Morgan fingerprint density at radius 1 is 0.724 bits per heavy atom. The second kappa shape index (κ2) is 13.3. The normalized spacial score (nSPS) is 30.3. The average molecular weight is 786 g/mol. The van der Waals surface area contributed by atoms with Gasteiger partial charge in [-0.2, -0.15) is 0 Å². The first-order chi connectivity index (χ1) is 27.0. The first kappa shape index (κ1) is 40.1. The van der Waals surface area contributed by atoms with E-state index in [1.54, 1.807) is 38.9 Å². The van der Waals surface area contributed by atoms with Crippen LogP contribution in [0.3, 0.4) is 0 Å². The number of rotatable bonds is 3. The minimum Gasteiger partial charge on any atom is -0.359 e.